The Morgan fingerprint density at radius 3 is 2.09 bits per heavy atom. The second kappa shape index (κ2) is 8.37. The Morgan fingerprint density at radius 2 is 1.38 bits per heavy atom. The number of hydrogen-bond donors (Lipinski definition) is 1. The van der Waals surface area contributed by atoms with E-state index in [0.29, 0.717) is 47.2 Å². The molecule has 0 aliphatic carbocycles. The summed E-state index contributed by atoms with van der Waals surface area (Å²) in [6.07, 6.45) is 0. The summed E-state index contributed by atoms with van der Waals surface area (Å²) >= 11 is 0. The summed E-state index contributed by atoms with van der Waals surface area (Å²) in [5.74, 6) is 0.519. The molecule has 0 fully saturated rings. The summed E-state index contributed by atoms with van der Waals surface area (Å²) in [5, 5.41) is 3.21. The van der Waals surface area contributed by atoms with Gasteiger partial charge in [-0.15, -0.1) is 0 Å². The SMILES string of the molecule is Cc1ccc(C2=C(Nc3ccc4c(c3)OCCO4)C(=O)N(c3ccc(C)c(C)c3)C2=O)cc1C. The molecule has 3 aromatic rings. The molecule has 0 bridgehead atoms. The molecule has 3 aromatic carbocycles. The van der Waals surface area contributed by atoms with Gasteiger partial charge in [0.1, 0.15) is 18.9 Å². The van der Waals surface area contributed by atoms with Crippen molar-refractivity contribution in [1.29, 1.82) is 0 Å². The van der Waals surface area contributed by atoms with Crippen molar-refractivity contribution in [3.63, 3.8) is 0 Å². The van der Waals surface area contributed by atoms with E-state index in [2.05, 4.69) is 5.32 Å². The van der Waals surface area contributed by atoms with Gasteiger partial charge in [-0.3, -0.25) is 9.59 Å². The molecule has 2 amide bonds. The molecular weight excluding hydrogens is 428 g/mol. The molecule has 6 nitrogen and oxygen atoms in total. The molecule has 172 valence electrons. The highest BCUT2D eigenvalue weighted by Gasteiger charge is 2.40. The summed E-state index contributed by atoms with van der Waals surface area (Å²) in [4.78, 5) is 28.6. The Labute approximate surface area is 198 Å². The second-order valence-electron chi connectivity index (χ2n) is 8.75. The number of aryl methyl sites for hydroxylation is 4. The van der Waals surface area contributed by atoms with Gasteiger partial charge in [-0.1, -0.05) is 24.3 Å². The van der Waals surface area contributed by atoms with Crippen molar-refractivity contribution in [3.8, 4) is 11.5 Å². The number of anilines is 2. The minimum atomic E-state index is -0.392. The first-order valence-corrected chi connectivity index (χ1v) is 11.3. The van der Waals surface area contributed by atoms with Crippen LogP contribution >= 0.6 is 0 Å². The van der Waals surface area contributed by atoms with E-state index < -0.39 is 5.91 Å². The molecule has 0 spiro atoms. The number of rotatable bonds is 4. The van der Waals surface area contributed by atoms with Crippen LogP contribution in [0.25, 0.3) is 5.57 Å². The quantitative estimate of drug-likeness (QED) is 0.557. The van der Waals surface area contributed by atoms with Crippen molar-refractivity contribution in [1.82, 2.24) is 0 Å². The van der Waals surface area contributed by atoms with Crippen LogP contribution in [0, 0.1) is 27.7 Å². The molecule has 0 saturated heterocycles. The zero-order valence-corrected chi connectivity index (χ0v) is 19.7. The van der Waals surface area contributed by atoms with Crippen molar-refractivity contribution < 1.29 is 19.1 Å². The predicted molar refractivity (Wildman–Crippen MR) is 132 cm³/mol. The van der Waals surface area contributed by atoms with Crippen LogP contribution in [-0.4, -0.2) is 25.0 Å². The van der Waals surface area contributed by atoms with Gasteiger partial charge in [0.15, 0.2) is 11.5 Å². The maximum atomic E-state index is 13.7. The summed E-state index contributed by atoms with van der Waals surface area (Å²) in [7, 11) is 0. The fraction of sp³-hybridized carbons (Fsp3) is 0.214. The molecule has 2 aliphatic heterocycles. The Morgan fingerprint density at radius 1 is 0.706 bits per heavy atom. The first kappa shape index (κ1) is 21.8. The predicted octanol–water partition coefficient (Wildman–Crippen LogP) is 5.09. The van der Waals surface area contributed by atoms with Crippen LogP contribution in [0.2, 0.25) is 0 Å². The van der Waals surface area contributed by atoms with Gasteiger partial charge < -0.3 is 14.8 Å². The third kappa shape index (κ3) is 3.71. The van der Waals surface area contributed by atoms with E-state index >= 15 is 0 Å². The smallest absolute Gasteiger partial charge is 0.282 e. The van der Waals surface area contributed by atoms with Crippen molar-refractivity contribution >= 4 is 28.8 Å². The standard InChI is InChI=1S/C28H26N2O4/c1-16-5-7-20(13-18(16)3)25-26(29-21-8-10-23-24(15-21)34-12-11-33-23)28(32)30(27(25)31)22-9-6-17(2)19(4)14-22/h5-10,13-15,29H,11-12H2,1-4H3. The van der Waals surface area contributed by atoms with E-state index in [1.807, 2.05) is 70.2 Å². The molecule has 0 atom stereocenters. The number of nitrogens with zero attached hydrogens (tertiary/aromatic N) is 1. The molecule has 2 aliphatic rings. The number of hydrogen-bond acceptors (Lipinski definition) is 5. The van der Waals surface area contributed by atoms with Crippen LogP contribution in [0.3, 0.4) is 0 Å². The zero-order chi connectivity index (χ0) is 24.0. The zero-order valence-electron chi connectivity index (χ0n) is 19.7. The summed E-state index contributed by atoms with van der Waals surface area (Å²) in [6.45, 7) is 8.95. The van der Waals surface area contributed by atoms with Crippen molar-refractivity contribution in [2.24, 2.45) is 0 Å². The number of carbonyl (C=O) groups excluding carboxylic acids is 2. The van der Waals surface area contributed by atoms with Crippen LogP contribution in [0.15, 0.2) is 60.3 Å². The summed E-state index contributed by atoms with van der Waals surface area (Å²) in [6, 6.07) is 16.8. The molecule has 0 saturated carbocycles. The molecular formula is C28H26N2O4. The average molecular weight is 455 g/mol. The van der Waals surface area contributed by atoms with Crippen molar-refractivity contribution in [3.05, 3.63) is 88.1 Å². The van der Waals surface area contributed by atoms with Gasteiger partial charge in [0, 0.05) is 11.8 Å². The van der Waals surface area contributed by atoms with E-state index in [1.165, 1.54) is 4.90 Å². The lowest BCUT2D eigenvalue weighted by molar-refractivity contribution is -0.120. The van der Waals surface area contributed by atoms with Gasteiger partial charge in [-0.2, -0.15) is 0 Å². The van der Waals surface area contributed by atoms with E-state index in [0.717, 1.165) is 22.3 Å². The lowest BCUT2D eigenvalue weighted by Crippen LogP contribution is -2.32. The maximum Gasteiger partial charge on any atom is 0.282 e. The lowest BCUT2D eigenvalue weighted by Gasteiger charge is -2.19. The third-order valence-electron chi connectivity index (χ3n) is 6.44. The molecule has 0 aromatic heterocycles. The Kier molecular flexibility index (Phi) is 5.36. The van der Waals surface area contributed by atoms with Crippen LogP contribution < -0.4 is 19.7 Å². The van der Waals surface area contributed by atoms with Crippen LogP contribution in [-0.2, 0) is 9.59 Å². The van der Waals surface area contributed by atoms with Crippen molar-refractivity contribution in [2.75, 3.05) is 23.4 Å². The maximum absolute atomic E-state index is 13.7. The lowest BCUT2D eigenvalue weighted by atomic mass is 9.99. The Bertz CT molecular complexity index is 1370. The number of benzene rings is 3. The summed E-state index contributed by atoms with van der Waals surface area (Å²) in [5.41, 5.74) is 6.76. The highest BCUT2D eigenvalue weighted by molar-refractivity contribution is 6.46. The number of nitrogens with one attached hydrogen (secondary N) is 1. The minimum absolute atomic E-state index is 0.239. The van der Waals surface area contributed by atoms with Gasteiger partial charge in [0.05, 0.1) is 11.3 Å². The Hall–Kier alpha value is -4.06. The number of fused-ring (bicyclic) bond motifs is 1. The molecule has 6 heteroatoms. The highest BCUT2D eigenvalue weighted by atomic mass is 16.6. The normalized spacial score (nSPS) is 15.2. The fourth-order valence-corrected chi connectivity index (χ4v) is 4.18. The monoisotopic (exact) mass is 454 g/mol. The molecule has 1 N–H and O–H groups in total. The largest absolute Gasteiger partial charge is 0.486 e. The molecule has 0 radical (unpaired) electrons. The first-order valence-electron chi connectivity index (χ1n) is 11.3. The van der Waals surface area contributed by atoms with Crippen LogP contribution in [0.1, 0.15) is 27.8 Å². The van der Waals surface area contributed by atoms with Gasteiger partial charge in [-0.05, 0) is 79.8 Å². The average Bonchev–Trinajstić information content (AvgIpc) is 3.07. The van der Waals surface area contributed by atoms with Crippen LogP contribution in [0.5, 0.6) is 11.5 Å². The minimum Gasteiger partial charge on any atom is -0.486 e. The molecule has 0 unspecified atom stereocenters. The molecule has 5 rings (SSSR count). The number of amides is 2. The Balaban J connectivity index is 1.61. The highest BCUT2D eigenvalue weighted by Crippen LogP contribution is 2.37. The van der Waals surface area contributed by atoms with E-state index in [-0.39, 0.29) is 11.6 Å². The van der Waals surface area contributed by atoms with Gasteiger partial charge in [0.25, 0.3) is 11.8 Å². The van der Waals surface area contributed by atoms with Gasteiger partial charge in [-0.25, -0.2) is 4.90 Å². The number of imide groups is 1. The molecule has 2 heterocycles. The van der Waals surface area contributed by atoms with Crippen molar-refractivity contribution in [2.45, 2.75) is 27.7 Å². The number of ether oxygens (including phenoxy) is 2. The van der Waals surface area contributed by atoms with Gasteiger partial charge >= 0.3 is 0 Å². The van der Waals surface area contributed by atoms with E-state index in [1.54, 1.807) is 12.1 Å². The van der Waals surface area contributed by atoms with E-state index in [4.69, 9.17) is 9.47 Å². The van der Waals surface area contributed by atoms with Crippen LogP contribution in [0.4, 0.5) is 11.4 Å². The second-order valence-corrected chi connectivity index (χ2v) is 8.75. The third-order valence-corrected chi connectivity index (χ3v) is 6.44. The van der Waals surface area contributed by atoms with E-state index in [9.17, 15) is 9.59 Å². The summed E-state index contributed by atoms with van der Waals surface area (Å²) < 4.78 is 11.3. The fourth-order valence-electron chi connectivity index (χ4n) is 4.18. The first-order chi connectivity index (χ1) is 16.3. The number of carbonyl (C=O) groups is 2. The molecule has 34 heavy (non-hydrogen) atoms. The van der Waals surface area contributed by atoms with Gasteiger partial charge in [0.2, 0.25) is 0 Å². The topological polar surface area (TPSA) is 67.9 Å².